The van der Waals surface area contributed by atoms with Crippen LogP contribution in [-0.2, 0) is 0 Å². The lowest BCUT2D eigenvalue weighted by Crippen LogP contribution is -2.32. The Morgan fingerprint density at radius 3 is 2.38 bits per heavy atom. The molecule has 4 nitrogen and oxygen atoms in total. The van der Waals surface area contributed by atoms with Crippen molar-refractivity contribution in [2.45, 2.75) is 12.5 Å². The van der Waals surface area contributed by atoms with Crippen LogP contribution in [0.2, 0.25) is 0 Å². The molecule has 3 aromatic carbocycles. The first-order valence-corrected chi connectivity index (χ1v) is 8.65. The van der Waals surface area contributed by atoms with E-state index in [1.807, 2.05) is 54.6 Å². The summed E-state index contributed by atoms with van der Waals surface area (Å²) in [6, 6.07) is 24.5. The highest BCUT2D eigenvalue weighted by Crippen LogP contribution is 2.31. The van der Waals surface area contributed by atoms with E-state index in [4.69, 9.17) is 9.47 Å². The number of benzene rings is 3. The van der Waals surface area contributed by atoms with Crippen LogP contribution in [0.5, 0.6) is 17.2 Å². The van der Waals surface area contributed by atoms with Crippen molar-refractivity contribution in [1.82, 2.24) is 5.32 Å². The summed E-state index contributed by atoms with van der Waals surface area (Å²) in [5.41, 5.74) is 1.63. The smallest absolute Gasteiger partial charge is 0.251 e. The van der Waals surface area contributed by atoms with Crippen molar-refractivity contribution in [2.24, 2.45) is 0 Å². The molecular formula is C22H19NO3. The monoisotopic (exact) mass is 345 g/mol. The summed E-state index contributed by atoms with van der Waals surface area (Å²) in [5.74, 6) is 2.21. The first kappa shape index (κ1) is 16.2. The summed E-state index contributed by atoms with van der Waals surface area (Å²) in [6.07, 6.45) is 0.762. The quantitative estimate of drug-likeness (QED) is 0.743. The third kappa shape index (κ3) is 3.54. The van der Waals surface area contributed by atoms with Crippen molar-refractivity contribution in [3.05, 3.63) is 90.0 Å². The van der Waals surface area contributed by atoms with E-state index in [1.54, 1.807) is 24.3 Å². The zero-order valence-electron chi connectivity index (χ0n) is 14.2. The first-order chi connectivity index (χ1) is 12.8. The zero-order chi connectivity index (χ0) is 17.8. The predicted molar refractivity (Wildman–Crippen MR) is 99.7 cm³/mol. The number of nitrogens with one attached hydrogen (secondary N) is 1. The molecule has 1 aliphatic rings. The summed E-state index contributed by atoms with van der Waals surface area (Å²) in [7, 11) is 0. The molecule has 3 aromatic rings. The molecule has 4 heteroatoms. The van der Waals surface area contributed by atoms with Gasteiger partial charge in [0.25, 0.3) is 5.91 Å². The van der Waals surface area contributed by atoms with E-state index in [0.717, 1.165) is 23.5 Å². The van der Waals surface area contributed by atoms with Gasteiger partial charge in [-0.25, -0.2) is 0 Å². The molecule has 1 heterocycles. The van der Waals surface area contributed by atoms with Gasteiger partial charge in [-0.05, 0) is 42.5 Å². The maximum Gasteiger partial charge on any atom is 0.251 e. The molecule has 1 aliphatic heterocycles. The Kier molecular flexibility index (Phi) is 4.56. The molecule has 1 unspecified atom stereocenters. The third-order valence-corrected chi connectivity index (χ3v) is 4.36. The summed E-state index contributed by atoms with van der Waals surface area (Å²) in [5, 5.41) is 3.10. The molecule has 0 aromatic heterocycles. The number of rotatable bonds is 4. The number of fused-ring (bicyclic) bond motifs is 1. The van der Waals surface area contributed by atoms with E-state index in [9.17, 15) is 4.79 Å². The molecule has 0 radical (unpaired) electrons. The van der Waals surface area contributed by atoms with E-state index >= 15 is 0 Å². The average molecular weight is 345 g/mol. The number of carbonyl (C=O) groups is 1. The van der Waals surface area contributed by atoms with Gasteiger partial charge in [-0.3, -0.25) is 4.79 Å². The average Bonchev–Trinajstić information content (AvgIpc) is 2.70. The van der Waals surface area contributed by atoms with Crippen LogP contribution in [0.1, 0.15) is 28.4 Å². The fourth-order valence-corrected chi connectivity index (χ4v) is 3.03. The number of carbonyl (C=O) groups excluding carboxylic acids is 1. The molecule has 0 fully saturated rings. The standard InChI is InChI=1S/C22H19NO3/c24-22(23-20-14-15-25-21-9-5-4-8-19(20)21)16-10-12-18(13-11-16)26-17-6-2-1-3-7-17/h1-13,20H,14-15H2,(H,23,24). The van der Waals surface area contributed by atoms with Crippen molar-refractivity contribution in [2.75, 3.05) is 6.61 Å². The Hall–Kier alpha value is -3.27. The molecule has 0 saturated heterocycles. The fraction of sp³-hybridized carbons (Fsp3) is 0.136. The van der Waals surface area contributed by atoms with Crippen molar-refractivity contribution in [1.29, 1.82) is 0 Å². The Morgan fingerprint density at radius 1 is 0.885 bits per heavy atom. The van der Waals surface area contributed by atoms with Crippen molar-refractivity contribution in [3.8, 4) is 17.2 Å². The summed E-state index contributed by atoms with van der Waals surface area (Å²) < 4.78 is 11.4. The number of hydrogen-bond donors (Lipinski definition) is 1. The second-order valence-electron chi connectivity index (χ2n) is 6.14. The lowest BCUT2D eigenvalue weighted by atomic mass is 10.00. The minimum Gasteiger partial charge on any atom is -0.493 e. The minimum atomic E-state index is -0.0991. The number of ether oxygens (including phenoxy) is 2. The van der Waals surface area contributed by atoms with Gasteiger partial charge in [0, 0.05) is 17.5 Å². The topological polar surface area (TPSA) is 47.6 Å². The van der Waals surface area contributed by atoms with E-state index in [2.05, 4.69) is 5.32 Å². The van der Waals surface area contributed by atoms with Gasteiger partial charge in [-0.2, -0.15) is 0 Å². The molecule has 0 saturated carbocycles. The van der Waals surface area contributed by atoms with Crippen LogP contribution >= 0.6 is 0 Å². The van der Waals surface area contributed by atoms with Gasteiger partial charge in [0.1, 0.15) is 17.2 Å². The lowest BCUT2D eigenvalue weighted by molar-refractivity contribution is 0.0925. The SMILES string of the molecule is O=C(NC1CCOc2ccccc21)c1ccc(Oc2ccccc2)cc1. The molecule has 0 bridgehead atoms. The largest absolute Gasteiger partial charge is 0.493 e. The normalized spacial score (nSPS) is 15.5. The maximum absolute atomic E-state index is 12.6. The first-order valence-electron chi connectivity index (χ1n) is 8.65. The van der Waals surface area contributed by atoms with Crippen molar-refractivity contribution >= 4 is 5.91 Å². The summed E-state index contributed by atoms with van der Waals surface area (Å²) >= 11 is 0. The minimum absolute atomic E-state index is 0.0345. The molecule has 1 atom stereocenters. The van der Waals surface area contributed by atoms with E-state index < -0.39 is 0 Å². The number of para-hydroxylation sites is 2. The van der Waals surface area contributed by atoms with Crippen LogP contribution in [0, 0.1) is 0 Å². The number of amides is 1. The van der Waals surface area contributed by atoms with E-state index in [-0.39, 0.29) is 11.9 Å². The van der Waals surface area contributed by atoms with Gasteiger partial charge in [-0.15, -0.1) is 0 Å². The fourth-order valence-electron chi connectivity index (χ4n) is 3.03. The van der Waals surface area contributed by atoms with Gasteiger partial charge >= 0.3 is 0 Å². The second-order valence-corrected chi connectivity index (χ2v) is 6.14. The Morgan fingerprint density at radius 2 is 1.58 bits per heavy atom. The molecule has 1 amide bonds. The number of hydrogen-bond acceptors (Lipinski definition) is 3. The second kappa shape index (κ2) is 7.31. The Bertz CT molecular complexity index is 891. The predicted octanol–water partition coefficient (Wildman–Crippen LogP) is 4.73. The molecule has 0 aliphatic carbocycles. The summed E-state index contributed by atoms with van der Waals surface area (Å²) in [6.45, 7) is 0.603. The van der Waals surface area contributed by atoms with Gasteiger partial charge in [0.15, 0.2) is 0 Å². The van der Waals surface area contributed by atoms with Crippen LogP contribution < -0.4 is 14.8 Å². The zero-order valence-corrected chi connectivity index (χ0v) is 14.2. The highest BCUT2D eigenvalue weighted by Gasteiger charge is 2.23. The van der Waals surface area contributed by atoms with E-state index in [1.165, 1.54) is 0 Å². The van der Waals surface area contributed by atoms with Crippen molar-refractivity contribution in [3.63, 3.8) is 0 Å². The highest BCUT2D eigenvalue weighted by atomic mass is 16.5. The molecule has 26 heavy (non-hydrogen) atoms. The van der Waals surface area contributed by atoms with Crippen LogP contribution in [-0.4, -0.2) is 12.5 Å². The Balaban J connectivity index is 1.44. The molecule has 1 N–H and O–H groups in total. The van der Waals surface area contributed by atoms with Crippen LogP contribution in [0.3, 0.4) is 0 Å². The van der Waals surface area contributed by atoms with Crippen molar-refractivity contribution < 1.29 is 14.3 Å². The van der Waals surface area contributed by atoms with Crippen LogP contribution in [0.4, 0.5) is 0 Å². The van der Waals surface area contributed by atoms with Crippen LogP contribution in [0.25, 0.3) is 0 Å². The molecule has 130 valence electrons. The van der Waals surface area contributed by atoms with Gasteiger partial charge in [-0.1, -0.05) is 36.4 Å². The van der Waals surface area contributed by atoms with Crippen LogP contribution in [0.15, 0.2) is 78.9 Å². The third-order valence-electron chi connectivity index (χ3n) is 4.36. The van der Waals surface area contributed by atoms with Gasteiger partial charge in [0.05, 0.1) is 12.6 Å². The lowest BCUT2D eigenvalue weighted by Gasteiger charge is -2.26. The molecule has 4 rings (SSSR count). The Labute approximate surface area is 152 Å². The van der Waals surface area contributed by atoms with Gasteiger partial charge in [0.2, 0.25) is 0 Å². The van der Waals surface area contributed by atoms with Gasteiger partial charge < -0.3 is 14.8 Å². The highest BCUT2D eigenvalue weighted by molar-refractivity contribution is 5.94. The molecular weight excluding hydrogens is 326 g/mol. The summed E-state index contributed by atoms with van der Waals surface area (Å²) in [4.78, 5) is 12.6. The molecule has 0 spiro atoms. The van der Waals surface area contributed by atoms with E-state index in [0.29, 0.717) is 17.9 Å². The maximum atomic E-state index is 12.6.